The van der Waals surface area contributed by atoms with Gasteiger partial charge in [-0.25, -0.2) is 0 Å². The molecule has 1 N–H and O–H groups in total. The van der Waals surface area contributed by atoms with E-state index in [2.05, 4.69) is 12.2 Å². The van der Waals surface area contributed by atoms with Crippen LogP contribution in [0.15, 0.2) is 42.5 Å². The molecule has 168 valence electrons. The zero-order valence-corrected chi connectivity index (χ0v) is 18.1. The van der Waals surface area contributed by atoms with Crippen molar-refractivity contribution >= 4 is 5.69 Å². The summed E-state index contributed by atoms with van der Waals surface area (Å²) in [5.74, 6) is 0.758. The molecule has 2 rings (SSSR count). The van der Waals surface area contributed by atoms with Gasteiger partial charge in [0, 0.05) is 12.2 Å². The van der Waals surface area contributed by atoms with Crippen LogP contribution in [0.4, 0.5) is 18.9 Å². The van der Waals surface area contributed by atoms with E-state index in [0.29, 0.717) is 6.61 Å². The van der Waals surface area contributed by atoms with Crippen LogP contribution in [0.1, 0.15) is 75.0 Å². The Morgan fingerprint density at radius 2 is 1.55 bits per heavy atom. The molecule has 0 radical (unpaired) electrons. The molecule has 31 heavy (non-hydrogen) atoms. The molecular formula is C25H31F3N2O. The summed E-state index contributed by atoms with van der Waals surface area (Å²) >= 11 is 0. The minimum absolute atomic E-state index is 0.0958. The van der Waals surface area contributed by atoms with Crippen molar-refractivity contribution in [2.45, 2.75) is 71.0 Å². The smallest absolute Gasteiger partial charge is 0.418 e. The Morgan fingerprint density at radius 1 is 0.903 bits per heavy atom. The maximum absolute atomic E-state index is 13.2. The summed E-state index contributed by atoms with van der Waals surface area (Å²) in [6, 6.07) is 12.5. The van der Waals surface area contributed by atoms with Gasteiger partial charge in [-0.05, 0) is 42.3 Å². The first-order chi connectivity index (χ1) is 14.9. The van der Waals surface area contributed by atoms with Crippen LogP contribution in [0.5, 0.6) is 5.75 Å². The molecule has 0 aromatic heterocycles. The summed E-state index contributed by atoms with van der Waals surface area (Å²) in [6.07, 6.45) is 5.47. The number of halogens is 3. The van der Waals surface area contributed by atoms with E-state index < -0.39 is 11.7 Å². The van der Waals surface area contributed by atoms with Gasteiger partial charge in [0.15, 0.2) is 0 Å². The summed E-state index contributed by atoms with van der Waals surface area (Å²) < 4.78 is 45.3. The predicted octanol–water partition coefficient (Wildman–Crippen LogP) is 7.71. The number of ether oxygens (including phenoxy) is 1. The molecule has 0 bridgehead atoms. The molecule has 6 heteroatoms. The Balaban J connectivity index is 1.76. The molecule has 0 spiro atoms. The number of rotatable bonds is 13. The number of benzene rings is 2. The summed E-state index contributed by atoms with van der Waals surface area (Å²) in [4.78, 5) is 0. The number of unbranched alkanes of at least 4 members (excludes halogenated alkanes) is 7. The van der Waals surface area contributed by atoms with E-state index in [9.17, 15) is 13.2 Å². The van der Waals surface area contributed by atoms with Gasteiger partial charge in [-0.2, -0.15) is 18.4 Å². The highest BCUT2D eigenvalue weighted by atomic mass is 19.4. The molecular weight excluding hydrogens is 401 g/mol. The lowest BCUT2D eigenvalue weighted by Gasteiger charge is -2.15. The van der Waals surface area contributed by atoms with E-state index in [4.69, 9.17) is 10.00 Å². The van der Waals surface area contributed by atoms with Gasteiger partial charge >= 0.3 is 6.18 Å². The zero-order chi connectivity index (χ0) is 22.5. The zero-order valence-electron chi connectivity index (χ0n) is 18.1. The van der Waals surface area contributed by atoms with Crippen molar-refractivity contribution in [3.8, 4) is 11.8 Å². The molecule has 0 aliphatic rings. The molecule has 0 unspecified atom stereocenters. The van der Waals surface area contributed by atoms with E-state index in [1.165, 1.54) is 50.7 Å². The monoisotopic (exact) mass is 432 g/mol. The topological polar surface area (TPSA) is 45.0 Å². The number of nitriles is 1. The van der Waals surface area contributed by atoms with Gasteiger partial charge in [0.1, 0.15) is 5.75 Å². The van der Waals surface area contributed by atoms with E-state index in [-0.39, 0.29) is 17.8 Å². The Kier molecular flexibility index (Phi) is 10.2. The standard InChI is InChI=1S/C25H31F3N2O/c1-2-3-4-5-6-7-8-9-16-31-22-13-10-20(11-14-22)19-30-24-17-21(18-29)12-15-23(24)25(26,27)28/h10-15,17,30H,2-9,16,19H2,1H3. The van der Waals surface area contributed by atoms with Crippen LogP contribution >= 0.6 is 0 Å². The molecule has 2 aromatic carbocycles. The number of nitrogens with zero attached hydrogens (tertiary/aromatic N) is 1. The fourth-order valence-corrected chi connectivity index (χ4v) is 3.33. The van der Waals surface area contributed by atoms with Crippen LogP contribution in [0, 0.1) is 11.3 Å². The molecule has 0 aliphatic heterocycles. The average Bonchev–Trinajstić information content (AvgIpc) is 2.76. The maximum Gasteiger partial charge on any atom is 0.418 e. The summed E-state index contributed by atoms with van der Waals surface area (Å²) in [5.41, 5.74) is 0.133. The van der Waals surface area contributed by atoms with Gasteiger partial charge in [-0.1, -0.05) is 64.0 Å². The van der Waals surface area contributed by atoms with Crippen molar-refractivity contribution in [1.29, 1.82) is 5.26 Å². The second-order valence-electron chi connectivity index (χ2n) is 7.69. The highest BCUT2D eigenvalue weighted by Gasteiger charge is 2.33. The molecule has 0 aliphatic carbocycles. The summed E-state index contributed by atoms with van der Waals surface area (Å²) in [7, 11) is 0. The van der Waals surface area contributed by atoms with Crippen molar-refractivity contribution in [1.82, 2.24) is 0 Å². The van der Waals surface area contributed by atoms with Gasteiger partial charge in [-0.15, -0.1) is 0 Å². The fourth-order valence-electron chi connectivity index (χ4n) is 3.33. The van der Waals surface area contributed by atoms with Gasteiger partial charge in [0.05, 0.1) is 23.8 Å². The number of nitrogens with one attached hydrogen (secondary N) is 1. The second-order valence-corrected chi connectivity index (χ2v) is 7.69. The molecule has 3 nitrogen and oxygen atoms in total. The van der Waals surface area contributed by atoms with Crippen LogP contribution in [-0.2, 0) is 12.7 Å². The number of anilines is 1. The van der Waals surface area contributed by atoms with Crippen molar-refractivity contribution in [2.24, 2.45) is 0 Å². The Labute approximate surface area is 183 Å². The average molecular weight is 433 g/mol. The molecule has 2 aromatic rings. The quantitative estimate of drug-likeness (QED) is 0.330. The molecule has 0 atom stereocenters. The second kappa shape index (κ2) is 12.9. The lowest BCUT2D eigenvalue weighted by Crippen LogP contribution is -2.11. The normalized spacial score (nSPS) is 11.2. The predicted molar refractivity (Wildman–Crippen MR) is 118 cm³/mol. The van der Waals surface area contributed by atoms with E-state index in [1.807, 2.05) is 30.3 Å². The minimum Gasteiger partial charge on any atom is -0.494 e. The summed E-state index contributed by atoms with van der Waals surface area (Å²) in [5, 5.41) is 11.8. The van der Waals surface area contributed by atoms with Gasteiger partial charge < -0.3 is 10.1 Å². The molecule has 0 saturated heterocycles. The lowest BCUT2D eigenvalue weighted by atomic mass is 10.1. The van der Waals surface area contributed by atoms with Crippen molar-refractivity contribution < 1.29 is 17.9 Å². The molecule has 0 saturated carbocycles. The Morgan fingerprint density at radius 3 is 2.16 bits per heavy atom. The van der Waals surface area contributed by atoms with Gasteiger partial charge in [0.25, 0.3) is 0 Å². The Bertz CT molecular complexity index is 826. The highest BCUT2D eigenvalue weighted by Crippen LogP contribution is 2.35. The van der Waals surface area contributed by atoms with Crippen LogP contribution in [0.25, 0.3) is 0 Å². The third-order valence-corrected chi connectivity index (χ3v) is 5.13. The first-order valence-corrected chi connectivity index (χ1v) is 11.0. The minimum atomic E-state index is -4.48. The van der Waals surface area contributed by atoms with Crippen molar-refractivity contribution in [3.63, 3.8) is 0 Å². The van der Waals surface area contributed by atoms with Gasteiger partial charge in [-0.3, -0.25) is 0 Å². The third-order valence-electron chi connectivity index (χ3n) is 5.13. The van der Waals surface area contributed by atoms with Crippen molar-refractivity contribution in [3.05, 3.63) is 59.2 Å². The van der Waals surface area contributed by atoms with E-state index in [1.54, 1.807) is 0 Å². The third kappa shape index (κ3) is 8.92. The maximum atomic E-state index is 13.2. The Hall–Kier alpha value is -2.68. The molecule has 0 heterocycles. The highest BCUT2D eigenvalue weighted by molar-refractivity contribution is 5.57. The SMILES string of the molecule is CCCCCCCCCCOc1ccc(CNc2cc(C#N)ccc2C(F)(F)F)cc1. The number of hydrogen-bond acceptors (Lipinski definition) is 3. The van der Waals surface area contributed by atoms with Gasteiger partial charge in [0.2, 0.25) is 0 Å². The summed E-state index contributed by atoms with van der Waals surface area (Å²) in [6.45, 7) is 3.11. The fraction of sp³-hybridized carbons (Fsp3) is 0.480. The van der Waals surface area contributed by atoms with E-state index in [0.717, 1.165) is 30.2 Å². The first-order valence-electron chi connectivity index (χ1n) is 11.0. The number of hydrogen-bond donors (Lipinski definition) is 1. The van der Waals surface area contributed by atoms with E-state index >= 15 is 0 Å². The first kappa shape index (κ1) is 24.6. The lowest BCUT2D eigenvalue weighted by molar-refractivity contribution is -0.137. The largest absolute Gasteiger partial charge is 0.494 e. The van der Waals surface area contributed by atoms with Crippen LogP contribution < -0.4 is 10.1 Å². The molecule has 0 amide bonds. The number of alkyl halides is 3. The van der Waals surface area contributed by atoms with Crippen molar-refractivity contribution in [2.75, 3.05) is 11.9 Å². The van der Waals surface area contributed by atoms with Crippen LogP contribution in [-0.4, -0.2) is 6.61 Å². The molecule has 0 fully saturated rings. The van der Waals surface area contributed by atoms with Crippen LogP contribution in [0.2, 0.25) is 0 Å². The van der Waals surface area contributed by atoms with Crippen LogP contribution in [0.3, 0.4) is 0 Å².